The zero-order chi connectivity index (χ0) is 16.1. The standard InChI is InChI=1S/C17H13N5O/c18-11-14-6-2-1-5-13(14)8-9-17(23)19-12-16-21-20-15-7-3-4-10-22(15)16/h1-10H,12H2,(H,19,23)/b9-8+. The maximum absolute atomic E-state index is 11.9. The molecule has 0 saturated heterocycles. The Kier molecular flexibility index (Phi) is 4.11. The first-order valence-electron chi connectivity index (χ1n) is 7.01. The third-order valence-corrected chi connectivity index (χ3v) is 3.30. The number of amides is 1. The van der Waals surface area contributed by atoms with Crippen LogP contribution in [-0.2, 0) is 11.3 Å². The van der Waals surface area contributed by atoms with E-state index in [2.05, 4.69) is 21.6 Å². The van der Waals surface area contributed by atoms with Gasteiger partial charge in [-0.15, -0.1) is 10.2 Å². The summed E-state index contributed by atoms with van der Waals surface area (Å²) in [5.41, 5.74) is 1.97. The molecule has 0 spiro atoms. The third kappa shape index (κ3) is 3.24. The lowest BCUT2D eigenvalue weighted by Gasteiger charge is -2.01. The van der Waals surface area contributed by atoms with Gasteiger partial charge >= 0.3 is 0 Å². The molecule has 0 fully saturated rings. The molecule has 2 aromatic heterocycles. The Morgan fingerprint density at radius 3 is 2.91 bits per heavy atom. The molecule has 0 bridgehead atoms. The monoisotopic (exact) mass is 303 g/mol. The van der Waals surface area contributed by atoms with Crippen molar-refractivity contribution in [3.63, 3.8) is 0 Å². The molecular weight excluding hydrogens is 290 g/mol. The molecule has 1 amide bonds. The van der Waals surface area contributed by atoms with E-state index in [9.17, 15) is 4.79 Å². The summed E-state index contributed by atoms with van der Waals surface area (Å²) < 4.78 is 1.81. The van der Waals surface area contributed by atoms with E-state index in [0.717, 1.165) is 5.65 Å². The van der Waals surface area contributed by atoms with Gasteiger partial charge in [0.15, 0.2) is 11.5 Å². The Bertz CT molecular complexity index is 920. The van der Waals surface area contributed by atoms with Gasteiger partial charge in [0.25, 0.3) is 0 Å². The summed E-state index contributed by atoms with van der Waals surface area (Å²) in [5.74, 6) is 0.394. The summed E-state index contributed by atoms with van der Waals surface area (Å²) in [5, 5.41) is 19.8. The number of nitrogens with zero attached hydrogens (tertiary/aromatic N) is 4. The van der Waals surface area contributed by atoms with Crippen molar-refractivity contribution in [3.05, 3.63) is 71.7 Å². The van der Waals surface area contributed by atoms with Crippen LogP contribution in [0.15, 0.2) is 54.7 Å². The fourth-order valence-electron chi connectivity index (χ4n) is 2.15. The molecule has 1 N–H and O–H groups in total. The van der Waals surface area contributed by atoms with Crippen LogP contribution in [0.1, 0.15) is 17.0 Å². The normalized spacial score (nSPS) is 10.7. The summed E-state index contributed by atoms with van der Waals surface area (Å²) in [6.07, 6.45) is 4.87. The Balaban J connectivity index is 1.66. The van der Waals surface area contributed by atoms with Crippen molar-refractivity contribution < 1.29 is 4.79 Å². The number of nitrogens with one attached hydrogen (secondary N) is 1. The van der Waals surface area contributed by atoms with Gasteiger partial charge in [0.1, 0.15) is 0 Å². The molecular formula is C17H13N5O. The number of carbonyl (C=O) groups excluding carboxylic acids is 1. The van der Waals surface area contributed by atoms with Crippen molar-refractivity contribution in [2.24, 2.45) is 0 Å². The van der Waals surface area contributed by atoms with Gasteiger partial charge in [-0.25, -0.2) is 0 Å². The minimum atomic E-state index is -0.259. The zero-order valence-corrected chi connectivity index (χ0v) is 12.2. The average Bonchev–Trinajstić information content (AvgIpc) is 3.01. The molecule has 23 heavy (non-hydrogen) atoms. The molecule has 3 rings (SSSR count). The minimum Gasteiger partial charge on any atom is -0.345 e. The number of nitriles is 1. The van der Waals surface area contributed by atoms with Gasteiger partial charge in [-0.1, -0.05) is 24.3 Å². The number of hydrogen-bond acceptors (Lipinski definition) is 4. The van der Waals surface area contributed by atoms with Gasteiger partial charge in [-0.05, 0) is 29.8 Å². The van der Waals surface area contributed by atoms with Crippen LogP contribution in [-0.4, -0.2) is 20.5 Å². The first kappa shape index (κ1) is 14.5. The second kappa shape index (κ2) is 6.54. The molecule has 0 aliphatic rings. The van der Waals surface area contributed by atoms with Gasteiger partial charge in [0, 0.05) is 12.3 Å². The van der Waals surface area contributed by atoms with Crippen LogP contribution in [0.2, 0.25) is 0 Å². The Hall–Kier alpha value is -3.46. The van der Waals surface area contributed by atoms with Crippen molar-refractivity contribution in [1.29, 1.82) is 5.26 Å². The quantitative estimate of drug-likeness (QED) is 0.747. The second-order valence-electron chi connectivity index (χ2n) is 4.80. The summed E-state index contributed by atoms with van der Waals surface area (Å²) >= 11 is 0. The van der Waals surface area contributed by atoms with Crippen molar-refractivity contribution in [1.82, 2.24) is 19.9 Å². The number of benzene rings is 1. The molecule has 0 saturated carbocycles. The summed E-state index contributed by atoms with van der Waals surface area (Å²) in [7, 11) is 0. The minimum absolute atomic E-state index is 0.259. The lowest BCUT2D eigenvalue weighted by Crippen LogP contribution is -2.21. The number of carbonyl (C=O) groups is 1. The van der Waals surface area contributed by atoms with E-state index in [1.165, 1.54) is 6.08 Å². The SMILES string of the molecule is N#Cc1ccccc1/C=C/C(=O)NCc1nnc2ccccn12. The molecule has 0 radical (unpaired) electrons. The molecule has 1 aromatic carbocycles. The Labute approximate surface area is 132 Å². The highest BCUT2D eigenvalue weighted by Crippen LogP contribution is 2.09. The molecule has 6 heteroatoms. The van der Waals surface area contributed by atoms with Gasteiger partial charge in [-0.2, -0.15) is 5.26 Å². The van der Waals surface area contributed by atoms with E-state index >= 15 is 0 Å². The van der Waals surface area contributed by atoms with E-state index in [0.29, 0.717) is 17.0 Å². The van der Waals surface area contributed by atoms with Crippen LogP contribution < -0.4 is 5.32 Å². The first-order chi connectivity index (χ1) is 11.3. The van der Waals surface area contributed by atoms with E-state index < -0.39 is 0 Å². The van der Waals surface area contributed by atoms with E-state index in [-0.39, 0.29) is 12.5 Å². The van der Waals surface area contributed by atoms with Gasteiger partial charge in [0.05, 0.1) is 18.2 Å². The highest BCUT2D eigenvalue weighted by molar-refractivity contribution is 5.91. The van der Waals surface area contributed by atoms with Crippen LogP contribution in [0.5, 0.6) is 0 Å². The summed E-state index contributed by atoms with van der Waals surface area (Å²) in [6, 6.07) is 14.8. The molecule has 112 valence electrons. The number of rotatable bonds is 4. The van der Waals surface area contributed by atoms with Crippen molar-refractivity contribution in [2.75, 3.05) is 0 Å². The zero-order valence-electron chi connectivity index (χ0n) is 12.2. The van der Waals surface area contributed by atoms with Crippen LogP contribution in [0.25, 0.3) is 11.7 Å². The summed E-state index contributed by atoms with van der Waals surface area (Å²) in [6.45, 7) is 0.272. The molecule has 0 aliphatic carbocycles. The van der Waals surface area contributed by atoms with E-state index in [4.69, 9.17) is 5.26 Å². The molecule has 3 aromatic rings. The largest absolute Gasteiger partial charge is 0.345 e. The fourth-order valence-corrected chi connectivity index (χ4v) is 2.15. The predicted octanol–water partition coefficient (Wildman–Crippen LogP) is 1.93. The second-order valence-corrected chi connectivity index (χ2v) is 4.80. The Morgan fingerprint density at radius 1 is 1.22 bits per heavy atom. The highest BCUT2D eigenvalue weighted by atomic mass is 16.1. The van der Waals surface area contributed by atoms with Crippen molar-refractivity contribution in [2.45, 2.75) is 6.54 Å². The lowest BCUT2D eigenvalue weighted by molar-refractivity contribution is -0.116. The maximum Gasteiger partial charge on any atom is 0.244 e. The van der Waals surface area contributed by atoms with Crippen LogP contribution in [0.4, 0.5) is 0 Å². The molecule has 6 nitrogen and oxygen atoms in total. The van der Waals surface area contributed by atoms with Crippen molar-refractivity contribution in [3.8, 4) is 6.07 Å². The molecule has 0 unspecified atom stereocenters. The van der Waals surface area contributed by atoms with Gasteiger partial charge < -0.3 is 5.32 Å². The molecule has 2 heterocycles. The Morgan fingerprint density at radius 2 is 2.04 bits per heavy atom. The smallest absolute Gasteiger partial charge is 0.244 e. The average molecular weight is 303 g/mol. The number of pyridine rings is 1. The third-order valence-electron chi connectivity index (χ3n) is 3.30. The van der Waals surface area contributed by atoms with Crippen LogP contribution in [0.3, 0.4) is 0 Å². The number of hydrogen-bond donors (Lipinski definition) is 1. The van der Waals surface area contributed by atoms with Crippen LogP contribution >= 0.6 is 0 Å². The van der Waals surface area contributed by atoms with E-state index in [1.54, 1.807) is 24.3 Å². The topological polar surface area (TPSA) is 83.1 Å². The predicted molar refractivity (Wildman–Crippen MR) is 85.0 cm³/mol. The fraction of sp³-hybridized carbons (Fsp3) is 0.0588. The van der Waals surface area contributed by atoms with Gasteiger partial charge in [-0.3, -0.25) is 9.20 Å². The molecule has 0 aliphatic heterocycles. The number of fused-ring (bicyclic) bond motifs is 1. The van der Waals surface area contributed by atoms with Crippen LogP contribution in [0, 0.1) is 11.3 Å². The maximum atomic E-state index is 11.9. The first-order valence-corrected chi connectivity index (χ1v) is 7.01. The van der Waals surface area contributed by atoms with Gasteiger partial charge in [0.2, 0.25) is 5.91 Å². The van der Waals surface area contributed by atoms with Crippen molar-refractivity contribution >= 4 is 17.6 Å². The highest BCUT2D eigenvalue weighted by Gasteiger charge is 2.05. The lowest BCUT2D eigenvalue weighted by atomic mass is 10.1. The molecule has 0 atom stereocenters. The number of aromatic nitrogens is 3. The van der Waals surface area contributed by atoms with E-state index in [1.807, 2.05) is 34.9 Å². The summed E-state index contributed by atoms with van der Waals surface area (Å²) in [4.78, 5) is 11.9.